The van der Waals surface area contributed by atoms with Crippen molar-refractivity contribution in [3.8, 4) is 0 Å². The van der Waals surface area contributed by atoms with E-state index in [1.165, 1.54) is 0 Å². The van der Waals surface area contributed by atoms with E-state index >= 15 is 4.57 Å². The molecule has 5 aromatic rings. The summed E-state index contributed by atoms with van der Waals surface area (Å²) in [6, 6.07) is 51.4. The lowest BCUT2D eigenvalue weighted by molar-refractivity contribution is 0.573. The first kappa shape index (κ1) is 25.8. The van der Waals surface area contributed by atoms with Crippen LogP contribution in [-0.2, 0) is 4.57 Å². The van der Waals surface area contributed by atoms with Gasteiger partial charge in [-0.3, -0.25) is 0 Å². The highest BCUT2D eigenvalue weighted by Gasteiger charge is 2.47. The summed E-state index contributed by atoms with van der Waals surface area (Å²) in [6.07, 6.45) is 9.53. The first-order chi connectivity index (χ1) is 19.7. The lowest BCUT2D eigenvalue weighted by Crippen LogP contribution is -2.36. The van der Waals surface area contributed by atoms with E-state index in [-0.39, 0.29) is 0 Å². The van der Waals surface area contributed by atoms with Gasteiger partial charge in [0.15, 0.2) is 7.14 Å². The molecule has 0 saturated heterocycles. The predicted octanol–water partition coefficient (Wildman–Crippen LogP) is 8.91. The third kappa shape index (κ3) is 4.86. The van der Waals surface area contributed by atoms with Gasteiger partial charge >= 0.3 is 0 Å². The molecule has 0 heterocycles. The molecule has 2 heteroatoms. The van der Waals surface area contributed by atoms with Gasteiger partial charge in [-0.1, -0.05) is 176 Å². The van der Waals surface area contributed by atoms with Crippen molar-refractivity contribution in [3.63, 3.8) is 0 Å². The molecule has 1 aliphatic rings. The van der Waals surface area contributed by atoms with E-state index in [1.54, 1.807) is 0 Å². The predicted molar refractivity (Wildman–Crippen MR) is 171 cm³/mol. The smallest absolute Gasteiger partial charge is 0.156 e. The van der Waals surface area contributed by atoms with Crippen LogP contribution in [0, 0.1) is 0 Å². The quantitative estimate of drug-likeness (QED) is 0.191. The SMILES string of the molecule is O=P(c1ccccc1)(c1ccccc1)C1(C=C(c2ccccc2)c2ccccc2)C=CC(c2ccccc2)=CC1. The molecule has 194 valence electrons. The van der Waals surface area contributed by atoms with E-state index < -0.39 is 12.3 Å². The molecule has 5 aromatic carbocycles. The lowest BCUT2D eigenvalue weighted by Gasteiger charge is -2.39. The number of hydrogen-bond donors (Lipinski definition) is 0. The maximum absolute atomic E-state index is 16.0. The van der Waals surface area contributed by atoms with Gasteiger partial charge in [-0.15, -0.1) is 0 Å². The third-order valence-electron chi connectivity index (χ3n) is 7.70. The van der Waals surface area contributed by atoms with Crippen molar-refractivity contribution in [2.75, 3.05) is 0 Å². The second-order valence-corrected chi connectivity index (χ2v) is 13.2. The van der Waals surface area contributed by atoms with E-state index in [0.29, 0.717) is 6.42 Å². The van der Waals surface area contributed by atoms with Crippen molar-refractivity contribution in [2.45, 2.75) is 11.6 Å². The van der Waals surface area contributed by atoms with Crippen molar-refractivity contribution in [1.82, 2.24) is 0 Å². The minimum atomic E-state index is -3.25. The maximum atomic E-state index is 16.0. The molecular weight excluding hydrogens is 503 g/mol. The summed E-state index contributed by atoms with van der Waals surface area (Å²) in [5.74, 6) is 0. The van der Waals surface area contributed by atoms with E-state index in [2.05, 4.69) is 97.1 Å². The van der Waals surface area contributed by atoms with Gasteiger partial charge in [-0.05, 0) is 34.3 Å². The van der Waals surface area contributed by atoms with Crippen LogP contribution in [0.2, 0.25) is 0 Å². The largest absolute Gasteiger partial charge is 0.312 e. The number of allylic oxidation sites excluding steroid dienone is 5. The van der Waals surface area contributed by atoms with Crippen LogP contribution in [0.1, 0.15) is 23.1 Å². The maximum Gasteiger partial charge on any atom is 0.156 e. The van der Waals surface area contributed by atoms with Gasteiger partial charge in [0.2, 0.25) is 0 Å². The van der Waals surface area contributed by atoms with Crippen LogP contribution in [0.4, 0.5) is 0 Å². The van der Waals surface area contributed by atoms with Crippen molar-refractivity contribution in [2.24, 2.45) is 0 Å². The Morgan fingerprint density at radius 2 is 1.00 bits per heavy atom. The number of benzene rings is 5. The molecule has 0 aliphatic heterocycles. The van der Waals surface area contributed by atoms with Gasteiger partial charge < -0.3 is 4.57 Å². The molecule has 0 fully saturated rings. The van der Waals surface area contributed by atoms with E-state index in [4.69, 9.17) is 0 Å². The fourth-order valence-electron chi connectivity index (χ4n) is 5.64. The minimum Gasteiger partial charge on any atom is -0.312 e. The van der Waals surface area contributed by atoms with Crippen LogP contribution in [0.15, 0.2) is 176 Å². The molecule has 0 N–H and O–H groups in total. The van der Waals surface area contributed by atoms with Crippen LogP contribution < -0.4 is 10.6 Å². The Balaban J connectivity index is 1.64. The summed E-state index contributed by atoms with van der Waals surface area (Å²) in [4.78, 5) is 0. The summed E-state index contributed by atoms with van der Waals surface area (Å²) >= 11 is 0. The Bertz CT molecular complexity index is 1620. The van der Waals surface area contributed by atoms with Gasteiger partial charge in [0.25, 0.3) is 0 Å². The fourth-order valence-corrected chi connectivity index (χ4v) is 9.03. The average molecular weight is 535 g/mol. The molecule has 1 atom stereocenters. The van der Waals surface area contributed by atoms with E-state index in [1.807, 2.05) is 78.9 Å². The van der Waals surface area contributed by atoms with Crippen LogP contribution in [0.5, 0.6) is 0 Å². The normalized spacial score (nSPS) is 16.6. The Hall–Kier alpha value is -4.45. The molecule has 1 unspecified atom stereocenters. The first-order valence-corrected chi connectivity index (χ1v) is 15.4. The fraction of sp³-hybridized carbons (Fsp3) is 0.0526. The van der Waals surface area contributed by atoms with Crippen LogP contribution in [0.3, 0.4) is 0 Å². The summed E-state index contributed by atoms with van der Waals surface area (Å²) in [7, 11) is -3.25. The van der Waals surface area contributed by atoms with Gasteiger partial charge in [0, 0.05) is 10.6 Å². The molecule has 0 radical (unpaired) electrons. The first-order valence-electron chi connectivity index (χ1n) is 13.7. The molecule has 0 amide bonds. The van der Waals surface area contributed by atoms with Gasteiger partial charge in [-0.25, -0.2) is 0 Å². The molecule has 0 aromatic heterocycles. The Kier molecular flexibility index (Phi) is 7.32. The lowest BCUT2D eigenvalue weighted by atomic mass is 9.87. The molecule has 0 spiro atoms. The molecular formula is C38H31OP. The molecule has 1 aliphatic carbocycles. The zero-order valence-electron chi connectivity index (χ0n) is 22.3. The zero-order valence-corrected chi connectivity index (χ0v) is 23.2. The highest BCUT2D eigenvalue weighted by molar-refractivity contribution is 7.80. The van der Waals surface area contributed by atoms with Crippen LogP contribution in [-0.4, -0.2) is 5.16 Å². The summed E-state index contributed by atoms with van der Waals surface area (Å²) in [5, 5.41) is 0.938. The second-order valence-electron chi connectivity index (χ2n) is 10.1. The van der Waals surface area contributed by atoms with Crippen molar-refractivity contribution >= 4 is 28.9 Å². The van der Waals surface area contributed by atoms with Crippen LogP contribution >= 0.6 is 7.14 Å². The molecule has 6 rings (SSSR count). The molecule has 40 heavy (non-hydrogen) atoms. The van der Waals surface area contributed by atoms with Gasteiger partial charge in [-0.2, -0.15) is 0 Å². The number of rotatable bonds is 7. The Morgan fingerprint density at radius 1 is 0.575 bits per heavy atom. The summed E-state index contributed by atoms with van der Waals surface area (Å²) in [6.45, 7) is 0. The summed E-state index contributed by atoms with van der Waals surface area (Å²) in [5.41, 5.74) is 5.60. The Labute approximate surface area is 237 Å². The Morgan fingerprint density at radius 3 is 1.43 bits per heavy atom. The monoisotopic (exact) mass is 534 g/mol. The van der Waals surface area contributed by atoms with E-state index in [0.717, 1.165) is 38.4 Å². The van der Waals surface area contributed by atoms with Crippen molar-refractivity contribution in [3.05, 3.63) is 193 Å². The van der Waals surface area contributed by atoms with Gasteiger partial charge in [0.1, 0.15) is 0 Å². The molecule has 0 saturated carbocycles. The summed E-state index contributed by atoms with van der Waals surface area (Å²) < 4.78 is 16.0. The van der Waals surface area contributed by atoms with Crippen LogP contribution in [0.25, 0.3) is 11.1 Å². The van der Waals surface area contributed by atoms with Crippen molar-refractivity contribution < 1.29 is 4.57 Å². The topological polar surface area (TPSA) is 17.1 Å². The molecule has 0 bridgehead atoms. The number of hydrogen-bond acceptors (Lipinski definition) is 1. The van der Waals surface area contributed by atoms with Gasteiger partial charge in [0.05, 0.1) is 5.16 Å². The average Bonchev–Trinajstić information content (AvgIpc) is 3.05. The standard InChI is InChI=1S/C38H31OP/c39-40(35-22-12-4-13-23-35,36-24-14-5-15-25-36)38(28-26-32(27-29-38)31-16-6-1-7-17-31)30-37(33-18-8-2-9-19-33)34-20-10-3-11-21-34/h1-28,30H,29H2. The highest BCUT2D eigenvalue weighted by Crippen LogP contribution is 2.61. The highest BCUT2D eigenvalue weighted by atomic mass is 31.2. The molecule has 1 nitrogen and oxygen atoms in total. The third-order valence-corrected chi connectivity index (χ3v) is 11.4. The van der Waals surface area contributed by atoms with Crippen molar-refractivity contribution in [1.29, 1.82) is 0 Å². The zero-order chi connectivity index (χ0) is 27.3. The van der Waals surface area contributed by atoms with E-state index in [9.17, 15) is 0 Å². The minimum absolute atomic E-state index is 0.609. The second kappa shape index (κ2) is 11.3.